The number of hydrogen-bond acceptors (Lipinski definition) is 3. The van der Waals surface area contributed by atoms with Gasteiger partial charge in [0.2, 0.25) is 0 Å². The van der Waals surface area contributed by atoms with Gasteiger partial charge in [0.25, 0.3) is 5.91 Å². The molecule has 28 heavy (non-hydrogen) atoms. The first-order valence-electron chi connectivity index (χ1n) is 10.0. The summed E-state index contributed by atoms with van der Waals surface area (Å²) in [5.41, 5.74) is 9.43. The molecule has 4 nitrogen and oxygen atoms in total. The Morgan fingerprint density at radius 2 is 1.93 bits per heavy atom. The summed E-state index contributed by atoms with van der Waals surface area (Å²) >= 11 is 0. The largest absolute Gasteiger partial charge is 0.366 e. The lowest BCUT2D eigenvalue weighted by molar-refractivity contribution is 0.0955. The van der Waals surface area contributed by atoms with Gasteiger partial charge in [-0.25, -0.2) is 5.43 Å². The summed E-state index contributed by atoms with van der Waals surface area (Å²) in [6.07, 6.45) is 2.88. The summed E-state index contributed by atoms with van der Waals surface area (Å²) in [7, 11) is 0. The van der Waals surface area contributed by atoms with Crippen molar-refractivity contribution in [1.29, 1.82) is 0 Å². The first-order chi connectivity index (χ1) is 13.2. The standard InChI is InChI=1S/C24H31N3O/c1-7-27-22-12-17(3)20(13-21(22)18(4)14-24(27,5)6)15-25-26-23(28)19-10-8-16(2)9-11-19/h8-13,15,18H,7,14H2,1-6H3,(H,26,28)/b25-15+. The normalized spacial score (nSPS) is 18.2. The Hall–Kier alpha value is -2.62. The molecule has 1 amide bonds. The van der Waals surface area contributed by atoms with Crippen LogP contribution in [0.4, 0.5) is 5.69 Å². The monoisotopic (exact) mass is 377 g/mol. The van der Waals surface area contributed by atoms with E-state index in [0.29, 0.717) is 11.5 Å². The van der Waals surface area contributed by atoms with Crippen molar-refractivity contribution in [3.8, 4) is 0 Å². The van der Waals surface area contributed by atoms with Gasteiger partial charge in [-0.1, -0.05) is 24.6 Å². The first-order valence-corrected chi connectivity index (χ1v) is 10.0. The summed E-state index contributed by atoms with van der Waals surface area (Å²) in [5, 5.41) is 4.20. The van der Waals surface area contributed by atoms with Gasteiger partial charge in [0, 0.05) is 23.3 Å². The van der Waals surface area contributed by atoms with Gasteiger partial charge in [-0.15, -0.1) is 0 Å². The van der Waals surface area contributed by atoms with E-state index < -0.39 is 0 Å². The number of amides is 1. The highest BCUT2D eigenvalue weighted by molar-refractivity contribution is 5.95. The van der Waals surface area contributed by atoms with E-state index in [-0.39, 0.29) is 11.4 Å². The highest BCUT2D eigenvalue weighted by atomic mass is 16.2. The number of rotatable bonds is 4. The van der Waals surface area contributed by atoms with Crippen molar-refractivity contribution < 1.29 is 4.79 Å². The van der Waals surface area contributed by atoms with Crippen LogP contribution < -0.4 is 10.3 Å². The van der Waals surface area contributed by atoms with Crippen molar-refractivity contribution in [3.05, 3.63) is 64.2 Å². The predicted octanol–water partition coefficient (Wildman–Crippen LogP) is 5.18. The van der Waals surface area contributed by atoms with Crippen molar-refractivity contribution in [2.75, 3.05) is 11.4 Å². The molecule has 0 fully saturated rings. The SMILES string of the molecule is CCN1c2cc(C)c(/C=N/NC(=O)c3ccc(C)cc3)cc2C(C)CC1(C)C. The van der Waals surface area contributed by atoms with E-state index in [2.05, 4.69) is 62.2 Å². The van der Waals surface area contributed by atoms with Crippen molar-refractivity contribution in [2.45, 2.75) is 59.4 Å². The van der Waals surface area contributed by atoms with E-state index in [4.69, 9.17) is 0 Å². The molecule has 0 radical (unpaired) electrons. The average Bonchev–Trinajstić information content (AvgIpc) is 2.62. The average molecular weight is 378 g/mol. The number of fused-ring (bicyclic) bond motifs is 1. The van der Waals surface area contributed by atoms with Crippen LogP contribution in [0, 0.1) is 13.8 Å². The van der Waals surface area contributed by atoms with Crippen LogP contribution in [0.15, 0.2) is 41.5 Å². The van der Waals surface area contributed by atoms with Gasteiger partial charge in [-0.05, 0) is 87.9 Å². The lowest BCUT2D eigenvalue weighted by atomic mass is 9.79. The van der Waals surface area contributed by atoms with Crippen LogP contribution in [0.5, 0.6) is 0 Å². The smallest absolute Gasteiger partial charge is 0.271 e. The van der Waals surface area contributed by atoms with Crippen molar-refractivity contribution in [2.24, 2.45) is 5.10 Å². The Labute approximate surface area is 168 Å². The number of hydrogen-bond donors (Lipinski definition) is 1. The number of nitrogens with zero attached hydrogens (tertiary/aromatic N) is 2. The molecule has 148 valence electrons. The van der Waals surface area contributed by atoms with E-state index >= 15 is 0 Å². The Morgan fingerprint density at radius 1 is 1.25 bits per heavy atom. The number of hydrazone groups is 1. The fraction of sp³-hybridized carbons (Fsp3) is 0.417. The fourth-order valence-corrected chi connectivity index (χ4v) is 4.32. The number of aryl methyl sites for hydroxylation is 2. The molecule has 3 rings (SSSR count). The molecule has 0 saturated carbocycles. The molecule has 0 aromatic heterocycles. The topological polar surface area (TPSA) is 44.7 Å². The van der Waals surface area contributed by atoms with Gasteiger partial charge >= 0.3 is 0 Å². The molecule has 1 aliphatic rings. The van der Waals surface area contributed by atoms with E-state index in [1.807, 2.05) is 31.2 Å². The molecule has 0 aliphatic carbocycles. The maximum absolute atomic E-state index is 12.2. The first kappa shape index (κ1) is 20.1. The third-order valence-electron chi connectivity index (χ3n) is 5.77. The summed E-state index contributed by atoms with van der Waals surface area (Å²) < 4.78 is 0. The zero-order valence-electron chi connectivity index (χ0n) is 17.8. The second-order valence-corrected chi connectivity index (χ2v) is 8.49. The van der Waals surface area contributed by atoms with Crippen LogP contribution in [-0.2, 0) is 0 Å². The third kappa shape index (κ3) is 3.96. The fourth-order valence-electron chi connectivity index (χ4n) is 4.32. The van der Waals surface area contributed by atoms with Gasteiger partial charge in [0.15, 0.2) is 0 Å². The summed E-state index contributed by atoms with van der Waals surface area (Å²) in [4.78, 5) is 14.7. The molecule has 1 atom stereocenters. The number of carbonyl (C=O) groups excluding carboxylic acids is 1. The van der Waals surface area contributed by atoms with Crippen LogP contribution >= 0.6 is 0 Å². The highest BCUT2D eigenvalue weighted by Crippen LogP contribution is 2.43. The van der Waals surface area contributed by atoms with Gasteiger partial charge in [-0.2, -0.15) is 5.10 Å². The molecular weight excluding hydrogens is 346 g/mol. The van der Waals surface area contributed by atoms with Gasteiger partial charge in [0.1, 0.15) is 0 Å². The molecule has 0 bridgehead atoms. The highest BCUT2D eigenvalue weighted by Gasteiger charge is 2.35. The van der Waals surface area contributed by atoms with E-state index in [9.17, 15) is 4.79 Å². The molecule has 1 N–H and O–H groups in total. The van der Waals surface area contributed by atoms with Crippen LogP contribution in [0.3, 0.4) is 0 Å². The zero-order valence-corrected chi connectivity index (χ0v) is 17.8. The molecular formula is C24H31N3O. The lowest BCUT2D eigenvalue weighted by Gasteiger charge is -2.47. The van der Waals surface area contributed by atoms with Gasteiger partial charge in [-0.3, -0.25) is 4.79 Å². The van der Waals surface area contributed by atoms with Crippen molar-refractivity contribution in [3.63, 3.8) is 0 Å². The van der Waals surface area contributed by atoms with Crippen LogP contribution in [0.25, 0.3) is 0 Å². The molecule has 4 heteroatoms. The number of anilines is 1. The Morgan fingerprint density at radius 3 is 2.57 bits per heavy atom. The second kappa shape index (κ2) is 7.78. The molecule has 2 aromatic carbocycles. The molecule has 1 heterocycles. The van der Waals surface area contributed by atoms with E-state index in [1.165, 1.54) is 11.3 Å². The maximum Gasteiger partial charge on any atom is 0.271 e. The molecule has 1 unspecified atom stereocenters. The number of nitrogens with one attached hydrogen (secondary N) is 1. The maximum atomic E-state index is 12.2. The zero-order chi connectivity index (χ0) is 20.5. The molecule has 2 aromatic rings. The molecule has 1 aliphatic heterocycles. The molecule has 0 spiro atoms. The third-order valence-corrected chi connectivity index (χ3v) is 5.77. The van der Waals surface area contributed by atoms with E-state index in [0.717, 1.165) is 29.7 Å². The minimum atomic E-state index is -0.195. The minimum Gasteiger partial charge on any atom is -0.366 e. The second-order valence-electron chi connectivity index (χ2n) is 8.49. The number of benzene rings is 2. The number of carbonyl (C=O) groups is 1. The molecule has 0 saturated heterocycles. The summed E-state index contributed by atoms with van der Waals surface area (Å²) in [6, 6.07) is 12.0. The lowest BCUT2D eigenvalue weighted by Crippen LogP contribution is -2.48. The summed E-state index contributed by atoms with van der Waals surface area (Å²) in [6.45, 7) is 14.2. The van der Waals surface area contributed by atoms with Crippen molar-refractivity contribution >= 4 is 17.8 Å². The van der Waals surface area contributed by atoms with Crippen molar-refractivity contribution in [1.82, 2.24) is 5.43 Å². The Kier molecular flexibility index (Phi) is 5.59. The van der Waals surface area contributed by atoms with Gasteiger partial charge < -0.3 is 4.90 Å². The van der Waals surface area contributed by atoms with Crippen LogP contribution in [0.2, 0.25) is 0 Å². The van der Waals surface area contributed by atoms with Crippen LogP contribution in [-0.4, -0.2) is 24.2 Å². The van der Waals surface area contributed by atoms with E-state index in [1.54, 1.807) is 6.21 Å². The predicted molar refractivity (Wildman–Crippen MR) is 118 cm³/mol. The van der Waals surface area contributed by atoms with Crippen LogP contribution in [0.1, 0.15) is 72.6 Å². The minimum absolute atomic E-state index is 0.158. The Balaban J connectivity index is 1.82. The van der Waals surface area contributed by atoms with Gasteiger partial charge in [0.05, 0.1) is 6.21 Å². The Bertz CT molecular complexity index is 897. The quantitative estimate of drug-likeness (QED) is 0.589. The summed E-state index contributed by atoms with van der Waals surface area (Å²) in [5.74, 6) is 0.293.